The summed E-state index contributed by atoms with van der Waals surface area (Å²) >= 11 is 7.21. The van der Waals surface area contributed by atoms with Gasteiger partial charge in [-0.25, -0.2) is 4.39 Å². The lowest BCUT2D eigenvalue weighted by molar-refractivity contribution is -0.113. The van der Waals surface area contributed by atoms with E-state index >= 15 is 0 Å². The maximum Gasteiger partial charge on any atom is 0.234 e. The van der Waals surface area contributed by atoms with Crippen molar-refractivity contribution in [3.8, 4) is 5.75 Å². The molecule has 0 aliphatic carbocycles. The summed E-state index contributed by atoms with van der Waals surface area (Å²) < 4.78 is 19.2. The molecule has 0 radical (unpaired) electrons. The molecule has 0 saturated carbocycles. The number of hydrogen-bond acceptors (Lipinski definition) is 3. The van der Waals surface area contributed by atoms with Crippen LogP contribution in [0.1, 0.15) is 11.1 Å². The Kier molecular flexibility index (Phi) is 6.94. The molecule has 0 unspecified atom stereocenters. The van der Waals surface area contributed by atoms with E-state index < -0.39 is 5.82 Å². The van der Waals surface area contributed by atoms with Crippen LogP contribution < -0.4 is 10.1 Å². The minimum absolute atomic E-state index is 0.0968. The Hall–Kier alpha value is -1.72. The number of thioether (sulfide) groups is 1. The first-order chi connectivity index (χ1) is 11.4. The zero-order valence-corrected chi connectivity index (χ0v) is 15.1. The Balaban J connectivity index is 1.70. The van der Waals surface area contributed by atoms with E-state index in [1.54, 1.807) is 0 Å². The van der Waals surface area contributed by atoms with Crippen LogP contribution in [0.5, 0.6) is 5.75 Å². The van der Waals surface area contributed by atoms with Crippen LogP contribution in [-0.4, -0.2) is 24.0 Å². The monoisotopic (exact) mass is 367 g/mol. The van der Waals surface area contributed by atoms with Crippen molar-refractivity contribution in [2.24, 2.45) is 0 Å². The predicted octanol–water partition coefficient (Wildman–Crippen LogP) is 4.85. The third-order valence-electron chi connectivity index (χ3n) is 3.13. The zero-order chi connectivity index (χ0) is 17.5. The molecular formula is C18H19ClFNO2S. The Bertz CT molecular complexity index is 704. The summed E-state index contributed by atoms with van der Waals surface area (Å²) in [7, 11) is 0. The first-order valence-corrected chi connectivity index (χ1v) is 9.01. The van der Waals surface area contributed by atoms with Crippen molar-refractivity contribution in [1.29, 1.82) is 0 Å². The molecule has 0 aromatic heterocycles. The molecule has 0 atom stereocenters. The fraction of sp³-hybridized carbons (Fsp3) is 0.278. The molecule has 0 bridgehead atoms. The lowest BCUT2D eigenvalue weighted by Crippen LogP contribution is -2.16. The van der Waals surface area contributed by atoms with Crippen molar-refractivity contribution in [2.45, 2.75) is 13.8 Å². The fourth-order valence-corrected chi connectivity index (χ4v) is 2.95. The van der Waals surface area contributed by atoms with E-state index in [9.17, 15) is 9.18 Å². The number of halogens is 2. The van der Waals surface area contributed by atoms with Gasteiger partial charge >= 0.3 is 0 Å². The number of amides is 1. The molecule has 2 rings (SSSR count). The molecule has 0 aliphatic heterocycles. The van der Waals surface area contributed by atoms with Crippen molar-refractivity contribution >= 4 is 35.0 Å². The van der Waals surface area contributed by atoms with Gasteiger partial charge in [-0.05, 0) is 55.3 Å². The van der Waals surface area contributed by atoms with Gasteiger partial charge in [0.2, 0.25) is 5.91 Å². The summed E-state index contributed by atoms with van der Waals surface area (Å²) in [5.74, 6) is 0.947. The summed E-state index contributed by atoms with van der Waals surface area (Å²) in [4.78, 5) is 11.8. The van der Waals surface area contributed by atoms with Gasteiger partial charge in [0.25, 0.3) is 0 Å². The quantitative estimate of drug-likeness (QED) is 0.711. The Morgan fingerprint density at radius 1 is 1.21 bits per heavy atom. The van der Waals surface area contributed by atoms with Crippen LogP contribution in [0.2, 0.25) is 5.02 Å². The molecular weight excluding hydrogens is 349 g/mol. The largest absolute Gasteiger partial charge is 0.493 e. The lowest BCUT2D eigenvalue weighted by Gasteiger charge is -2.09. The highest BCUT2D eigenvalue weighted by Gasteiger charge is 2.08. The van der Waals surface area contributed by atoms with Crippen LogP contribution in [0.4, 0.5) is 10.1 Å². The molecule has 1 amide bonds. The van der Waals surface area contributed by atoms with E-state index in [2.05, 4.69) is 11.4 Å². The third-order valence-corrected chi connectivity index (χ3v) is 4.28. The maximum atomic E-state index is 13.5. The van der Waals surface area contributed by atoms with Crippen LogP contribution in [0, 0.1) is 19.7 Å². The number of benzene rings is 2. The minimum Gasteiger partial charge on any atom is -0.493 e. The maximum absolute atomic E-state index is 13.5. The van der Waals surface area contributed by atoms with E-state index in [0.29, 0.717) is 17.4 Å². The van der Waals surface area contributed by atoms with E-state index in [1.807, 2.05) is 26.0 Å². The molecule has 0 saturated heterocycles. The number of hydrogen-bond donors (Lipinski definition) is 1. The summed E-state index contributed by atoms with van der Waals surface area (Å²) in [6.07, 6.45) is 0. The van der Waals surface area contributed by atoms with Gasteiger partial charge in [-0.1, -0.05) is 17.7 Å². The summed E-state index contributed by atoms with van der Waals surface area (Å²) in [5.41, 5.74) is 2.40. The normalized spacial score (nSPS) is 10.5. The summed E-state index contributed by atoms with van der Waals surface area (Å²) in [5, 5.41) is 2.89. The Morgan fingerprint density at radius 3 is 2.62 bits per heavy atom. The van der Waals surface area contributed by atoms with Crippen LogP contribution in [0.15, 0.2) is 36.4 Å². The topological polar surface area (TPSA) is 38.3 Å². The van der Waals surface area contributed by atoms with Crippen molar-refractivity contribution in [1.82, 2.24) is 0 Å². The van der Waals surface area contributed by atoms with Crippen LogP contribution in [0.25, 0.3) is 0 Å². The Labute approximate surface area is 150 Å². The summed E-state index contributed by atoms with van der Waals surface area (Å²) in [6.45, 7) is 4.55. The van der Waals surface area contributed by atoms with Gasteiger partial charge in [-0.3, -0.25) is 4.79 Å². The number of carbonyl (C=O) groups is 1. The first kappa shape index (κ1) is 18.6. The van der Waals surface area contributed by atoms with Gasteiger partial charge < -0.3 is 10.1 Å². The molecule has 2 aromatic carbocycles. The molecule has 0 spiro atoms. The predicted molar refractivity (Wildman–Crippen MR) is 98.8 cm³/mol. The molecule has 6 heteroatoms. The fourth-order valence-electron chi connectivity index (χ4n) is 2.18. The highest BCUT2D eigenvalue weighted by molar-refractivity contribution is 7.99. The highest BCUT2D eigenvalue weighted by atomic mass is 35.5. The van der Waals surface area contributed by atoms with Gasteiger partial charge in [0.1, 0.15) is 11.6 Å². The average Bonchev–Trinajstić information content (AvgIpc) is 2.49. The lowest BCUT2D eigenvalue weighted by atomic mass is 10.1. The molecule has 1 N–H and O–H groups in total. The van der Waals surface area contributed by atoms with E-state index in [4.69, 9.17) is 16.3 Å². The van der Waals surface area contributed by atoms with E-state index in [1.165, 1.54) is 30.0 Å². The number of aryl methyl sites for hydroxylation is 2. The molecule has 2 aromatic rings. The van der Waals surface area contributed by atoms with E-state index in [0.717, 1.165) is 16.9 Å². The SMILES string of the molecule is Cc1cc(C)cc(OCCSCC(=O)Nc2cc(Cl)ccc2F)c1. The van der Waals surface area contributed by atoms with Crippen LogP contribution >= 0.6 is 23.4 Å². The van der Waals surface area contributed by atoms with Crippen molar-refractivity contribution in [2.75, 3.05) is 23.4 Å². The van der Waals surface area contributed by atoms with Crippen molar-refractivity contribution < 1.29 is 13.9 Å². The number of nitrogens with one attached hydrogen (secondary N) is 1. The van der Waals surface area contributed by atoms with Crippen molar-refractivity contribution in [3.63, 3.8) is 0 Å². The van der Waals surface area contributed by atoms with Crippen LogP contribution in [-0.2, 0) is 4.79 Å². The third kappa shape index (κ3) is 6.06. The number of ether oxygens (including phenoxy) is 1. The van der Waals surface area contributed by atoms with Gasteiger partial charge in [0.05, 0.1) is 18.0 Å². The first-order valence-electron chi connectivity index (χ1n) is 7.48. The van der Waals surface area contributed by atoms with Gasteiger partial charge in [0.15, 0.2) is 0 Å². The highest BCUT2D eigenvalue weighted by Crippen LogP contribution is 2.20. The average molecular weight is 368 g/mol. The Morgan fingerprint density at radius 2 is 1.92 bits per heavy atom. The van der Waals surface area contributed by atoms with Crippen molar-refractivity contribution in [3.05, 3.63) is 58.4 Å². The molecule has 0 fully saturated rings. The molecule has 24 heavy (non-hydrogen) atoms. The van der Waals surface area contributed by atoms with Gasteiger partial charge in [0, 0.05) is 10.8 Å². The second kappa shape index (κ2) is 8.94. The molecule has 128 valence electrons. The molecule has 0 heterocycles. The number of rotatable bonds is 7. The van der Waals surface area contributed by atoms with Gasteiger partial charge in [-0.15, -0.1) is 11.8 Å². The molecule has 3 nitrogen and oxygen atoms in total. The standard InChI is InChI=1S/C18H19ClFNO2S/c1-12-7-13(2)9-15(8-12)23-5-6-24-11-18(22)21-17-10-14(19)3-4-16(17)20/h3-4,7-10H,5-6,11H2,1-2H3,(H,21,22). The second-order valence-electron chi connectivity index (χ2n) is 5.40. The van der Waals surface area contributed by atoms with Crippen LogP contribution in [0.3, 0.4) is 0 Å². The van der Waals surface area contributed by atoms with E-state index in [-0.39, 0.29) is 17.3 Å². The second-order valence-corrected chi connectivity index (χ2v) is 6.94. The molecule has 0 aliphatic rings. The summed E-state index contributed by atoms with van der Waals surface area (Å²) in [6, 6.07) is 10.1. The number of carbonyl (C=O) groups excluding carboxylic acids is 1. The van der Waals surface area contributed by atoms with Gasteiger partial charge in [-0.2, -0.15) is 0 Å². The zero-order valence-electron chi connectivity index (χ0n) is 13.6. The smallest absolute Gasteiger partial charge is 0.234 e. The number of anilines is 1. The minimum atomic E-state index is -0.504.